The van der Waals surface area contributed by atoms with Gasteiger partial charge in [0.2, 0.25) is 0 Å². The Kier molecular flexibility index (Phi) is 5.99. The molecule has 0 aromatic heterocycles. The van der Waals surface area contributed by atoms with E-state index in [0.29, 0.717) is 12.5 Å². The van der Waals surface area contributed by atoms with E-state index < -0.39 is 0 Å². The predicted octanol–water partition coefficient (Wildman–Crippen LogP) is 4.30. The van der Waals surface area contributed by atoms with Gasteiger partial charge in [-0.05, 0) is 31.7 Å². The normalized spacial score (nSPS) is 18.9. The molecule has 1 aliphatic carbocycles. The molecular weight excluding hydrogens is 314 g/mol. The molecule has 20 heavy (non-hydrogen) atoms. The Morgan fingerprint density at radius 2 is 2.10 bits per heavy atom. The molecule has 1 unspecified atom stereocenters. The van der Waals surface area contributed by atoms with Crippen LogP contribution in [-0.4, -0.2) is 23.3 Å². The van der Waals surface area contributed by atoms with Gasteiger partial charge in [-0.3, -0.25) is 9.69 Å². The van der Waals surface area contributed by atoms with Crippen LogP contribution in [0.4, 0.5) is 0 Å². The average molecular weight is 336 g/mol. The number of benzene rings is 1. The van der Waals surface area contributed by atoms with Gasteiger partial charge in [0.25, 0.3) is 0 Å². The number of ketones is 1. The number of hydrogen-bond donors (Lipinski definition) is 0. The van der Waals surface area contributed by atoms with Crippen LogP contribution in [0, 0.1) is 0 Å². The van der Waals surface area contributed by atoms with E-state index in [1.54, 1.807) is 6.92 Å². The summed E-state index contributed by atoms with van der Waals surface area (Å²) in [5.41, 5.74) is 1.31. The third kappa shape index (κ3) is 4.57. The number of nitrogens with zero attached hydrogens (tertiary/aromatic N) is 1. The third-order valence-corrected chi connectivity index (χ3v) is 4.61. The van der Waals surface area contributed by atoms with Crippen LogP contribution in [0.5, 0.6) is 0 Å². The Labute approximate surface area is 130 Å². The molecule has 1 atom stereocenters. The fraction of sp³-hybridized carbons (Fsp3) is 0.471. The molecule has 3 heteroatoms. The van der Waals surface area contributed by atoms with Crippen LogP contribution in [0.2, 0.25) is 0 Å². The minimum absolute atomic E-state index is 0.263. The van der Waals surface area contributed by atoms with Gasteiger partial charge in [-0.15, -0.1) is 0 Å². The molecule has 0 bridgehead atoms. The summed E-state index contributed by atoms with van der Waals surface area (Å²) in [6, 6.07) is 10.9. The van der Waals surface area contributed by atoms with Crippen molar-refractivity contribution in [3.8, 4) is 0 Å². The molecule has 1 aliphatic rings. The predicted molar refractivity (Wildman–Crippen MR) is 86.8 cm³/mol. The zero-order valence-corrected chi connectivity index (χ0v) is 13.6. The molecule has 2 rings (SSSR count). The first kappa shape index (κ1) is 15.5. The van der Waals surface area contributed by atoms with Crippen LogP contribution in [0.15, 0.2) is 40.9 Å². The summed E-state index contributed by atoms with van der Waals surface area (Å²) >= 11 is 3.71. The van der Waals surface area contributed by atoms with Gasteiger partial charge in [0.15, 0.2) is 0 Å². The minimum Gasteiger partial charge on any atom is -0.300 e. The van der Waals surface area contributed by atoms with Gasteiger partial charge in [-0.1, -0.05) is 52.3 Å². The maximum Gasteiger partial charge on any atom is 0.131 e. The van der Waals surface area contributed by atoms with E-state index in [9.17, 15) is 4.79 Å². The van der Waals surface area contributed by atoms with Crippen molar-refractivity contribution >= 4 is 21.7 Å². The summed E-state index contributed by atoms with van der Waals surface area (Å²) in [4.78, 5) is 13.7. The number of allylic oxidation sites excluding steroid dienone is 1. The average Bonchev–Trinajstić information content (AvgIpc) is 2.45. The van der Waals surface area contributed by atoms with E-state index in [4.69, 9.17) is 0 Å². The largest absolute Gasteiger partial charge is 0.300 e. The SMILES string of the molecule is CC(=O)CCN(Cc1ccccc1)C1CCCC=C1Br. The molecule has 0 N–H and O–H groups in total. The van der Waals surface area contributed by atoms with E-state index in [0.717, 1.165) is 19.5 Å². The zero-order chi connectivity index (χ0) is 14.4. The van der Waals surface area contributed by atoms with E-state index >= 15 is 0 Å². The van der Waals surface area contributed by atoms with Gasteiger partial charge >= 0.3 is 0 Å². The molecule has 0 heterocycles. The molecule has 1 aromatic rings. The fourth-order valence-electron chi connectivity index (χ4n) is 2.65. The molecule has 0 saturated heterocycles. The highest BCUT2D eigenvalue weighted by Gasteiger charge is 2.23. The van der Waals surface area contributed by atoms with Crippen LogP contribution < -0.4 is 0 Å². The third-order valence-electron chi connectivity index (χ3n) is 3.76. The molecular formula is C17H22BrNO. The van der Waals surface area contributed by atoms with Crippen molar-refractivity contribution in [2.75, 3.05) is 6.54 Å². The van der Waals surface area contributed by atoms with Gasteiger partial charge < -0.3 is 0 Å². The van der Waals surface area contributed by atoms with Crippen LogP contribution >= 0.6 is 15.9 Å². The lowest BCUT2D eigenvalue weighted by molar-refractivity contribution is -0.117. The highest BCUT2D eigenvalue weighted by atomic mass is 79.9. The summed E-state index contributed by atoms with van der Waals surface area (Å²) in [7, 11) is 0. The number of Topliss-reactive ketones (excluding diaryl/α,β-unsaturated/α-hetero) is 1. The number of rotatable bonds is 6. The van der Waals surface area contributed by atoms with Gasteiger partial charge in [-0.25, -0.2) is 0 Å². The Hall–Kier alpha value is -0.930. The van der Waals surface area contributed by atoms with E-state index in [1.807, 2.05) is 6.07 Å². The lowest BCUT2D eigenvalue weighted by atomic mass is 10.00. The maximum absolute atomic E-state index is 11.3. The quantitative estimate of drug-likeness (QED) is 0.772. The van der Waals surface area contributed by atoms with E-state index in [-0.39, 0.29) is 5.78 Å². The molecule has 0 fully saturated rings. The molecule has 2 nitrogen and oxygen atoms in total. The number of carbonyl (C=O) groups excluding carboxylic acids is 1. The molecule has 0 spiro atoms. The molecule has 0 amide bonds. The molecule has 108 valence electrons. The molecule has 1 aromatic carbocycles. The topological polar surface area (TPSA) is 20.3 Å². The molecule has 0 radical (unpaired) electrons. The second-order valence-corrected chi connectivity index (χ2v) is 6.36. The Bertz CT molecular complexity index is 469. The number of halogens is 1. The molecule has 0 aliphatic heterocycles. The van der Waals surface area contributed by atoms with Gasteiger partial charge in [0.05, 0.1) is 0 Å². The first-order chi connectivity index (χ1) is 9.66. The Morgan fingerprint density at radius 3 is 2.75 bits per heavy atom. The summed E-state index contributed by atoms with van der Waals surface area (Å²) in [6.45, 7) is 3.41. The lowest BCUT2D eigenvalue weighted by Crippen LogP contribution is -2.37. The van der Waals surface area contributed by atoms with Crippen molar-refractivity contribution < 1.29 is 4.79 Å². The highest BCUT2D eigenvalue weighted by molar-refractivity contribution is 9.11. The summed E-state index contributed by atoms with van der Waals surface area (Å²) in [5.74, 6) is 0.263. The van der Waals surface area contributed by atoms with Crippen LogP contribution in [0.3, 0.4) is 0 Å². The maximum atomic E-state index is 11.3. The standard InChI is InChI=1S/C17H22BrNO/c1-14(20)11-12-19(13-15-7-3-2-4-8-15)17-10-6-5-9-16(17)18/h2-4,7-9,17H,5-6,10-13H2,1H3. The number of carbonyl (C=O) groups is 1. The summed E-state index contributed by atoms with van der Waals surface area (Å²) in [6.07, 6.45) is 6.46. The fourth-order valence-corrected chi connectivity index (χ4v) is 3.39. The van der Waals surface area contributed by atoms with Crippen molar-refractivity contribution in [2.45, 2.75) is 45.2 Å². The second-order valence-electron chi connectivity index (χ2n) is 5.44. The van der Waals surface area contributed by atoms with E-state index in [2.05, 4.69) is 51.2 Å². The Balaban J connectivity index is 2.09. The van der Waals surface area contributed by atoms with Crippen LogP contribution in [-0.2, 0) is 11.3 Å². The lowest BCUT2D eigenvalue weighted by Gasteiger charge is -2.33. The zero-order valence-electron chi connectivity index (χ0n) is 12.0. The monoisotopic (exact) mass is 335 g/mol. The van der Waals surface area contributed by atoms with Gasteiger partial charge in [-0.2, -0.15) is 0 Å². The smallest absolute Gasteiger partial charge is 0.131 e. The molecule has 0 saturated carbocycles. The summed E-state index contributed by atoms with van der Waals surface area (Å²) < 4.78 is 1.28. The Morgan fingerprint density at radius 1 is 1.35 bits per heavy atom. The van der Waals surface area contributed by atoms with Crippen LogP contribution in [0.1, 0.15) is 38.2 Å². The van der Waals surface area contributed by atoms with E-state index in [1.165, 1.54) is 22.9 Å². The van der Waals surface area contributed by atoms with Gasteiger partial charge in [0, 0.05) is 30.0 Å². The summed E-state index contributed by atoms with van der Waals surface area (Å²) in [5, 5.41) is 0. The second kappa shape index (κ2) is 7.75. The highest BCUT2D eigenvalue weighted by Crippen LogP contribution is 2.28. The first-order valence-electron chi connectivity index (χ1n) is 7.30. The van der Waals surface area contributed by atoms with Crippen molar-refractivity contribution in [2.24, 2.45) is 0 Å². The number of hydrogen-bond acceptors (Lipinski definition) is 2. The van der Waals surface area contributed by atoms with Crippen molar-refractivity contribution in [3.05, 3.63) is 46.5 Å². The van der Waals surface area contributed by atoms with Crippen molar-refractivity contribution in [3.63, 3.8) is 0 Å². The minimum atomic E-state index is 0.263. The first-order valence-corrected chi connectivity index (χ1v) is 8.09. The van der Waals surface area contributed by atoms with Gasteiger partial charge in [0.1, 0.15) is 5.78 Å². The van der Waals surface area contributed by atoms with Crippen LogP contribution in [0.25, 0.3) is 0 Å². The van der Waals surface area contributed by atoms with Crippen molar-refractivity contribution in [1.82, 2.24) is 4.90 Å². The van der Waals surface area contributed by atoms with Crippen molar-refractivity contribution in [1.29, 1.82) is 0 Å².